The van der Waals surface area contributed by atoms with E-state index in [9.17, 15) is 9.18 Å². The van der Waals surface area contributed by atoms with Crippen molar-refractivity contribution in [1.82, 2.24) is 9.88 Å². The number of amides is 1. The van der Waals surface area contributed by atoms with Gasteiger partial charge in [0.1, 0.15) is 11.5 Å². The number of carbonyl (C=O) groups is 1. The molecule has 27 heavy (non-hydrogen) atoms. The molecule has 4 rings (SSSR count). The minimum atomic E-state index is -0.374. The Kier molecular flexibility index (Phi) is 4.94. The van der Waals surface area contributed by atoms with E-state index in [1.165, 1.54) is 43.6 Å². The van der Waals surface area contributed by atoms with E-state index >= 15 is 0 Å². The Labute approximate surface area is 158 Å². The number of aromatic amines is 1. The average Bonchev–Trinajstić information content (AvgIpc) is 3.30. The third-order valence-corrected chi connectivity index (χ3v) is 5.27. The van der Waals surface area contributed by atoms with Gasteiger partial charge in [-0.05, 0) is 73.8 Å². The van der Waals surface area contributed by atoms with Crippen molar-refractivity contribution in [3.05, 3.63) is 65.6 Å². The topological polar surface area (TPSA) is 48.1 Å². The predicted molar refractivity (Wildman–Crippen MR) is 107 cm³/mol. The zero-order valence-electron chi connectivity index (χ0n) is 15.5. The summed E-state index contributed by atoms with van der Waals surface area (Å²) in [5.74, 6) is -0.198. The molecule has 4 nitrogen and oxygen atoms in total. The van der Waals surface area contributed by atoms with Gasteiger partial charge in [-0.2, -0.15) is 0 Å². The predicted octanol–water partition coefficient (Wildman–Crippen LogP) is 4.76. The van der Waals surface area contributed by atoms with Gasteiger partial charge >= 0.3 is 0 Å². The van der Waals surface area contributed by atoms with Crippen LogP contribution >= 0.6 is 0 Å². The first kappa shape index (κ1) is 17.7. The van der Waals surface area contributed by atoms with Gasteiger partial charge in [0, 0.05) is 23.1 Å². The molecule has 1 aliphatic heterocycles. The standard InChI is InChI=1S/C22H24FN3O/c1-15(14-26-9-2-3-10-26)16-7-8-20-17(11-16)12-21(25-20)22(27)24-19-6-4-5-18(23)13-19/h4-8,11-13,15,25H,2-3,9-10,14H2,1H3,(H,24,27)/t15-/m1/s1. The zero-order chi connectivity index (χ0) is 18.8. The molecule has 0 aliphatic carbocycles. The Morgan fingerprint density at radius 3 is 2.78 bits per heavy atom. The van der Waals surface area contributed by atoms with E-state index in [2.05, 4.69) is 34.3 Å². The summed E-state index contributed by atoms with van der Waals surface area (Å²) in [6.45, 7) is 5.72. The second-order valence-corrected chi connectivity index (χ2v) is 7.40. The SMILES string of the molecule is C[C@H](CN1CCCC1)c1ccc2[nH]c(C(=O)Nc3cccc(F)c3)cc2c1. The minimum Gasteiger partial charge on any atom is -0.351 e. The van der Waals surface area contributed by atoms with Crippen molar-refractivity contribution in [2.24, 2.45) is 0 Å². The molecule has 0 unspecified atom stereocenters. The van der Waals surface area contributed by atoms with Crippen LogP contribution in [0.1, 0.15) is 41.7 Å². The van der Waals surface area contributed by atoms with Crippen molar-refractivity contribution < 1.29 is 9.18 Å². The number of aromatic nitrogens is 1. The van der Waals surface area contributed by atoms with Crippen LogP contribution in [0, 0.1) is 5.82 Å². The normalized spacial score (nSPS) is 15.9. The van der Waals surface area contributed by atoms with Crippen molar-refractivity contribution >= 4 is 22.5 Å². The van der Waals surface area contributed by atoms with E-state index in [-0.39, 0.29) is 11.7 Å². The number of nitrogens with one attached hydrogen (secondary N) is 2. The molecular formula is C22H24FN3O. The fraction of sp³-hybridized carbons (Fsp3) is 0.318. The minimum absolute atomic E-state index is 0.275. The fourth-order valence-corrected chi connectivity index (χ4v) is 3.80. The van der Waals surface area contributed by atoms with Crippen molar-refractivity contribution in [2.45, 2.75) is 25.7 Å². The monoisotopic (exact) mass is 365 g/mol. The van der Waals surface area contributed by atoms with Gasteiger partial charge in [-0.25, -0.2) is 4.39 Å². The molecule has 0 spiro atoms. The van der Waals surface area contributed by atoms with E-state index in [0.717, 1.165) is 17.4 Å². The average molecular weight is 365 g/mol. The molecule has 1 aliphatic rings. The van der Waals surface area contributed by atoms with E-state index in [0.29, 0.717) is 17.3 Å². The van der Waals surface area contributed by atoms with E-state index in [1.54, 1.807) is 12.1 Å². The largest absolute Gasteiger partial charge is 0.351 e. The van der Waals surface area contributed by atoms with E-state index in [4.69, 9.17) is 0 Å². The Bertz CT molecular complexity index is 959. The molecule has 140 valence electrons. The molecule has 2 aromatic carbocycles. The van der Waals surface area contributed by atoms with Gasteiger partial charge in [-0.1, -0.05) is 19.1 Å². The maximum atomic E-state index is 13.3. The highest BCUT2D eigenvalue weighted by molar-refractivity contribution is 6.05. The number of carbonyl (C=O) groups excluding carboxylic acids is 1. The number of likely N-dealkylation sites (tertiary alicyclic amines) is 1. The van der Waals surface area contributed by atoms with Crippen LogP contribution in [-0.4, -0.2) is 35.4 Å². The van der Waals surface area contributed by atoms with Crippen LogP contribution in [0.5, 0.6) is 0 Å². The first-order chi connectivity index (χ1) is 13.1. The highest BCUT2D eigenvalue weighted by atomic mass is 19.1. The highest BCUT2D eigenvalue weighted by Gasteiger charge is 2.17. The Morgan fingerprint density at radius 2 is 2.00 bits per heavy atom. The summed E-state index contributed by atoms with van der Waals surface area (Å²) in [5, 5.41) is 3.75. The molecule has 1 fully saturated rings. The number of H-pyrrole nitrogens is 1. The van der Waals surface area contributed by atoms with Crippen LogP contribution < -0.4 is 5.32 Å². The number of anilines is 1. The molecule has 1 amide bonds. The van der Waals surface area contributed by atoms with Gasteiger partial charge < -0.3 is 15.2 Å². The van der Waals surface area contributed by atoms with Gasteiger partial charge in [0.2, 0.25) is 0 Å². The Morgan fingerprint density at radius 1 is 1.19 bits per heavy atom. The molecule has 2 heterocycles. The Hall–Kier alpha value is -2.66. The number of halogens is 1. The quantitative estimate of drug-likeness (QED) is 0.685. The molecule has 1 saturated heterocycles. The lowest BCUT2D eigenvalue weighted by atomic mass is 9.99. The highest BCUT2D eigenvalue weighted by Crippen LogP contribution is 2.24. The van der Waals surface area contributed by atoms with Crippen LogP contribution in [0.3, 0.4) is 0 Å². The summed E-state index contributed by atoms with van der Waals surface area (Å²) >= 11 is 0. The first-order valence-electron chi connectivity index (χ1n) is 9.50. The summed E-state index contributed by atoms with van der Waals surface area (Å²) in [6.07, 6.45) is 2.60. The van der Waals surface area contributed by atoms with E-state index < -0.39 is 0 Å². The first-order valence-corrected chi connectivity index (χ1v) is 9.50. The third kappa shape index (κ3) is 4.03. The van der Waals surface area contributed by atoms with Gasteiger partial charge in [0.05, 0.1) is 0 Å². The van der Waals surface area contributed by atoms with Crippen molar-refractivity contribution in [2.75, 3.05) is 25.0 Å². The molecule has 0 bridgehead atoms. The number of nitrogens with zero attached hydrogens (tertiary/aromatic N) is 1. The molecule has 0 saturated carbocycles. The van der Waals surface area contributed by atoms with Crippen LogP contribution in [-0.2, 0) is 0 Å². The van der Waals surface area contributed by atoms with Gasteiger partial charge in [-0.15, -0.1) is 0 Å². The maximum Gasteiger partial charge on any atom is 0.272 e. The lowest BCUT2D eigenvalue weighted by molar-refractivity contribution is 0.102. The summed E-state index contributed by atoms with van der Waals surface area (Å²) in [6, 6.07) is 14.1. The summed E-state index contributed by atoms with van der Waals surface area (Å²) < 4.78 is 13.3. The molecule has 3 aromatic rings. The summed E-state index contributed by atoms with van der Waals surface area (Å²) in [7, 11) is 0. The number of hydrogen-bond acceptors (Lipinski definition) is 2. The number of fused-ring (bicyclic) bond motifs is 1. The summed E-state index contributed by atoms with van der Waals surface area (Å²) in [4.78, 5) is 18.1. The van der Waals surface area contributed by atoms with Gasteiger partial charge in [0.25, 0.3) is 5.91 Å². The molecule has 1 atom stereocenters. The van der Waals surface area contributed by atoms with E-state index in [1.807, 2.05) is 12.1 Å². The molecule has 0 radical (unpaired) electrons. The van der Waals surface area contributed by atoms with Gasteiger partial charge in [0.15, 0.2) is 0 Å². The van der Waals surface area contributed by atoms with Crippen LogP contribution in [0.2, 0.25) is 0 Å². The smallest absolute Gasteiger partial charge is 0.272 e. The fourth-order valence-electron chi connectivity index (χ4n) is 3.80. The molecule has 2 N–H and O–H groups in total. The van der Waals surface area contributed by atoms with Crippen LogP contribution in [0.4, 0.5) is 10.1 Å². The van der Waals surface area contributed by atoms with Crippen LogP contribution in [0.25, 0.3) is 10.9 Å². The van der Waals surface area contributed by atoms with Crippen LogP contribution in [0.15, 0.2) is 48.5 Å². The molecule has 5 heteroatoms. The number of hydrogen-bond donors (Lipinski definition) is 2. The second kappa shape index (κ2) is 7.53. The van der Waals surface area contributed by atoms with Crippen molar-refractivity contribution in [3.63, 3.8) is 0 Å². The maximum absolute atomic E-state index is 13.3. The lowest BCUT2D eigenvalue weighted by Gasteiger charge is -2.20. The van der Waals surface area contributed by atoms with Crippen molar-refractivity contribution in [1.29, 1.82) is 0 Å². The zero-order valence-corrected chi connectivity index (χ0v) is 15.5. The lowest BCUT2D eigenvalue weighted by Crippen LogP contribution is -2.24. The Balaban J connectivity index is 1.50. The number of rotatable bonds is 5. The summed E-state index contributed by atoms with van der Waals surface area (Å²) in [5.41, 5.74) is 3.12. The number of benzene rings is 2. The second-order valence-electron chi connectivity index (χ2n) is 7.40. The third-order valence-electron chi connectivity index (χ3n) is 5.27. The van der Waals surface area contributed by atoms with Crippen molar-refractivity contribution in [3.8, 4) is 0 Å². The molecule has 1 aromatic heterocycles. The molecular weight excluding hydrogens is 341 g/mol. The van der Waals surface area contributed by atoms with Gasteiger partial charge in [-0.3, -0.25) is 4.79 Å².